The van der Waals surface area contributed by atoms with Crippen LogP contribution in [0.2, 0.25) is 5.02 Å². The molecule has 1 aliphatic carbocycles. The Balaban J connectivity index is 1.56. The molecule has 6 nitrogen and oxygen atoms in total. The topological polar surface area (TPSA) is 68.9 Å². The van der Waals surface area contributed by atoms with Gasteiger partial charge < -0.3 is 5.32 Å². The number of benzene rings is 2. The first kappa shape index (κ1) is 18.5. The number of aromatic nitrogens is 3. The predicted octanol–water partition coefficient (Wildman–Crippen LogP) is 3.58. The number of rotatable bonds is 6. The van der Waals surface area contributed by atoms with Crippen LogP contribution in [-0.2, 0) is 11.3 Å². The molecule has 144 valence electrons. The lowest BCUT2D eigenvalue weighted by atomic mass is 10.1. The number of nitrogens with one attached hydrogen (secondary N) is 1. The summed E-state index contributed by atoms with van der Waals surface area (Å²) in [6.07, 6.45) is 1.90. The molecule has 2 aromatic carbocycles. The number of carbonyl (C=O) groups is 1. The highest BCUT2D eigenvalue weighted by Crippen LogP contribution is 2.36. The average molecular weight is 397 g/mol. The zero-order valence-corrected chi connectivity index (χ0v) is 16.3. The minimum Gasteiger partial charge on any atom is -0.348 e. The SMILES string of the molecule is CC(NC(=O)Cn1nc(-c2ccc(Cl)cc2)n(C2CC2)c1=O)c1ccccc1. The second-order valence-electron chi connectivity index (χ2n) is 7.07. The van der Waals surface area contributed by atoms with Crippen molar-refractivity contribution in [1.82, 2.24) is 19.7 Å². The van der Waals surface area contributed by atoms with E-state index in [4.69, 9.17) is 11.6 Å². The molecule has 1 N–H and O–H groups in total. The first-order chi connectivity index (χ1) is 13.5. The minimum absolute atomic E-state index is 0.115. The van der Waals surface area contributed by atoms with Crippen molar-refractivity contribution in [2.75, 3.05) is 0 Å². The van der Waals surface area contributed by atoms with E-state index in [0.717, 1.165) is 24.0 Å². The van der Waals surface area contributed by atoms with Crippen molar-refractivity contribution in [2.45, 2.75) is 38.4 Å². The van der Waals surface area contributed by atoms with E-state index < -0.39 is 0 Å². The Morgan fingerprint density at radius 1 is 1.18 bits per heavy atom. The highest BCUT2D eigenvalue weighted by Gasteiger charge is 2.30. The Morgan fingerprint density at radius 2 is 1.86 bits per heavy atom. The van der Waals surface area contributed by atoms with Crippen LogP contribution < -0.4 is 11.0 Å². The van der Waals surface area contributed by atoms with E-state index in [2.05, 4.69) is 10.4 Å². The third-order valence-corrected chi connectivity index (χ3v) is 5.11. The molecule has 7 heteroatoms. The molecule has 1 atom stereocenters. The fourth-order valence-corrected chi connectivity index (χ4v) is 3.36. The molecule has 28 heavy (non-hydrogen) atoms. The van der Waals surface area contributed by atoms with Gasteiger partial charge in [-0.25, -0.2) is 9.48 Å². The van der Waals surface area contributed by atoms with Crippen LogP contribution >= 0.6 is 11.6 Å². The van der Waals surface area contributed by atoms with Gasteiger partial charge in [0.05, 0.1) is 6.04 Å². The quantitative estimate of drug-likeness (QED) is 0.692. The van der Waals surface area contributed by atoms with Gasteiger partial charge in [0.1, 0.15) is 6.54 Å². The first-order valence-electron chi connectivity index (χ1n) is 9.32. The molecule has 4 rings (SSSR count). The van der Waals surface area contributed by atoms with Crippen molar-refractivity contribution in [3.05, 3.63) is 75.7 Å². The molecule has 0 aliphatic heterocycles. The van der Waals surface area contributed by atoms with Crippen molar-refractivity contribution >= 4 is 17.5 Å². The van der Waals surface area contributed by atoms with Gasteiger partial charge in [-0.05, 0) is 49.6 Å². The summed E-state index contributed by atoms with van der Waals surface area (Å²) in [7, 11) is 0. The molecular weight excluding hydrogens is 376 g/mol. The van der Waals surface area contributed by atoms with Gasteiger partial charge in [0.15, 0.2) is 5.82 Å². The van der Waals surface area contributed by atoms with Gasteiger partial charge in [0.25, 0.3) is 0 Å². The summed E-state index contributed by atoms with van der Waals surface area (Å²) in [4.78, 5) is 25.4. The molecule has 1 heterocycles. The van der Waals surface area contributed by atoms with Crippen LogP contribution in [0.4, 0.5) is 0 Å². The molecule has 1 aliphatic rings. The van der Waals surface area contributed by atoms with Gasteiger partial charge in [0, 0.05) is 16.6 Å². The lowest BCUT2D eigenvalue weighted by Gasteiger charge is -2.13. The Kier molecular flexibility index (Phi) is 5.05. The molecule has 3 aromatic rings. The molecule has 1 saturated carbocycles. The van der Waals surface area contributed by atoms with Crippen LogP contribution in [-0.4, -0.2) is 20.3 Å². The Hall–Kier alpha value is -2.86. The normalized spacial score (nSPS) is 14.6. The van der Waals surface area contributed by atoms with Gasteiger partial charge in [-0.1, -0.05) is 41.9 Å². The fraction of sp³-hybridized carbons (Fsp3) is 0.286. The van der Waals surface area contributed by atoms with Crippen molar-refractivity contribution in [3.63, 3.8) is 0 Å². The number of hydrogen-bond donors (Lipinski definition) is 1. The Labute approximate surface area is 167 Å². The summed E-state index contributed by atoms with van der Waals surface area (Å²) < 4.78 is 2.94. The molecular formula is C21H21ClN4O2. The van der Waals surface area contributed by atoms with E-state index in [1.54, 1.807) is 16.7 Å². The standard InChI is InChI=1S/C21H21ClN4O2/c1-14(15-5-3-2-4-6-15)23-19(27)13-25-21(28)26(18-11-12-18)20(24-25)16-7-9-17(22)10-8-16/h2-10,14,18H,11-13H2,1H3,(H,23,27). The summed E-state index contributed by atoms with van der Waals surface area (Å²) in [6, 6.07) is 16.9. The molecule has 1 fully saturated rings. The van der Waals surface area contributed by atoms with Crippen LogP contribution in [0.25, 0.3) is 11.4 Å². The number of carbonyl (C=O) groups excluding carboxylic acids is 1. The molecule has 0 saturated heterocycles. The van der Waals surface area contributed by atoms with Crippen LogP contribution in [0, 0.1) is 0 Å². The zero-order valence-electron chi connectivity index (χ0n) is 15.5. The van der Waals surface area contributed by atoms with Crippen molar-refractivity contribution in [2.24, 2.45) is 0 Å². The monoisotopic (exact) mass is 396 g/mol. The van der Waals surface area contributed by atoms with Crippen molar-refractivity contribution in [1.29, 1.82) is 0 Å². The van der Waals surface area contributed by atoms with E-state index in [1.807, 2.05) is 49.4 Å². The Bertz CT molecular complexity index is 1040. The van der Waals surface area contributed by atoms with Crippen LogP contribution in [0.3, 0.4) is 0 Å². The van der Waals surface area contributed by atoms with Crippen molar-refractivity contribution < 1.29 is 4.79 Å². The lowest BCUT2D eigenvalue weighted by molar-refractivity contribution is -0.122. The van der Waals surface area contributed by atoms with Gasteiger partial charge >= 0.3 is 5.69 Å². The maximum Gasteiger partial charge on any atom is 0.346 e. The molecule has 0 radical (unpaired) electrons. The van der Waals surface area contributed by atoms with E-state index in [-0.39, 0.29) is 30.2 Å². The minimum atomic E-state index is -0.255. The van der Waals surface area contributed by atoms with Crippen LogP contribution in [0.1, 0.15) is 37.4 Å². The van der Waals surface area contributed by atoms with Gasteiger partial charge in [-0.3, -0.25) is 9.36 Å². The first-order valence-corrected chi connectivity index (χ1v) is 9.70. The van der Waals surface area contributed by atoms with Crippen molar-refractivity contribution in [3.8, 4) is 11.4 Å². The van der Waals surface area contributed by atoms with E-state index in [0.29, 0.717) is 10.8 Å². The third kappa shape index (κ3) is 3.87. The van der Waals surface area contributed by atoms with E-state index in [9.17, 15) is 9.59 Å². The summed E-state index contributed by atoms with van der Waals surface area (Å²) in [6.45, 7) is 1.80. The highest BCUT2D eigenvalue weighted by molar-refractivity contribution is 6.30. The van der Waals surface area contributed by atoms with E-state index >= 15 is 0 Å². The van der Waals surface area contributed by atoms with E-state index in [1.165, 1.54) is 4.68 Å². The summed E-state index contributed by atoms with van der Waals surface area (Å²) in [5, 5.41) is 8.00. The maximum atomic E-state index is 12.9. The molecule has 1 unspecified atom stereocenters. The maximum absolute atomic E-state index is 12.9. The summed E-state index contributed by atoms with van der Waals surface area (Å²) in [5.74, 6) is 0.328. The number of nitrogens with zero attached hydrogens (tertiary/aromatic N) is 3. The largest absolute Gasteiger partial charge is 0.348 e. The van der Waals surface area contributed by atoms with Crippen LogP contribution in [0.15, 0.2) is 59.4 Å². The number of halogens is 1. The zero-order chi connectivity index (χ0) is 19.7. The highest BCUT2D eigenvalue weighted by atomic mass is 35.5. The summed E-state index contributed by atoms with van der Waals surface area (Å²) in [5.41, 5.74) is 1.56. The van der Waals surface area contributed by atoms with Gasteiger partial charge in [0.2, 0.25) is 5.91 Å². The third-order valence-electron chi connectivity index (χ3n) is 4.86. The fourth-order valence-electron chi connectivity index (χ4n) is 3.23. The smallest absolute Gasteiger partial charge is 0.346 e. The van der Waals surface area contributed by atoms with Crippen LogP contribution in [0.5, 0.6) is 0 Å². The molecule has 1 aromatic heterocycles. The molecule has 0 bridgehead atoms. The summed E-state index contributed by atoms with van der Waals surface area (Å²) >= 11 is 5.97. The Morgan fingerprint density at radius 3 is 2.50 bits per heavy atom. The molecule has 0 spiro atoms. The van der Waals surface area contributed by atoms with Gasteiger partial charge in [-0.15, -0.1) is 5.10 Å². The number of hydrogen-bond acceptors (Lipinski definition) is 3. The molecule has 1 amide bonds. The lowest BCUT2D eigenvalue weighted by Crippen LogP contribution is -2.34. The second kappa shape index (κ2) is 7.64. The second-order valence-corrected chi connectivity index (χ2v) is 7.51. The van der Waals surface area contributed by atoms with Gasteiger partial charge in [-0.2, -0.15) is 0 Å². The predicted molar refractivity (Wildman–Crippen MR) is 108 cm³/mol. The average Bonchev–Trinajstić information content (AvgIpc) is 3.48. The number of amides is 1.